The molecule has 0 radical (unpaired) electrons. The van der Waals surface area contributed by atoms with Crippen molar-refractivity contribution in [3.8, 4) is 0 Å². The van der Waals surface area contributed by atoms with Gasteiger partial charge in [-0.25, -0.2) is 4.79 Å². The molecule has 0 saturated heterocycles. The highest BCUT2D eigenvalue weighted by atomic mass is 16.6. The molecule has 2 amide bonds. The molecule has 0 saturated carbocycles. The van der Waals surface area contributed by atoms with Crippen molar-refractivity contribution in [3.05, 3.63) is 63.7 Å². The van der Waals surface area contributed by atoms with Crippen LogP contribution < -0.4 is 10.6 Å². The molecular formula is C18H17N3O6. The van der Waals surface area contributed by atoms with Gasteiger partial charge in [0.15, 0.2) is 6.61 Å². The van der Waals surface area contributed by atoms with Crippen molar-refractivity contribution >= 4 is 34.8 Å². The Hall–Kier alpha value is -3.75. The fourth-order valence-electron chi connectivity index (χ4n) is 2.33. The largest absolute Gasteiger partial charge is 0.452 e. The summed E-state index contributed by atoms with van der Waals surface area (Å²) in [6, 6.07) is 10.5. The van der Waals surface area contributed by atoms with Gasteiger partial charge >= 0.3 is 5.97 Å². The van der Waals surface area contributed by atoms with Crippen molar-refractivity contribution in [2.75, 3.05) is 17.2 Å². The van der Waals surface area contributed by atoms with Gasteiger partial charge in [-0.1, -0.05) is 12.1 Å². The second kappa shape index (κ2) is 8.56. The smallest absolute Gasteiger partial charge is 0.339 e. The van der Waals surface area contributed by atoms with Crippen LogP contribution in [0.5, 0.6) is 0 Å². The van der Waals surface area contributed by atoms with Gasteiger partial charge in [0.05, 0.1) is 10.5 Å². The second-order valence-electron chi connectivity index (χ2n) is 5.59. The first-order valence-electron chi connectivity index (χ1n) is 7.86. The van der Waals surface area contributed by atoms with Crippen LogP contribution in [0, 0.1) is 17.0 Å². The summed E-state index contributed by atoms with van der Waals surface area (Å²) in [7, 11) is 0. The fraction of sp³-hybridized carbons (Fsp3) is 0.167. The standard InChI is InChI=1S/C18H17N3O6/c1-11-15(7-4-8-16(11)21(25)26)18(24)27-10-17(23)20-14-6-3-5-13(9-14)19-12(2)22/h3-9H,10H2,1-2H3,(H,19,22)(H,20,23). The van der Waals surface area contributed by atoms with E-state index in [1.54, 1.807) is 24.3 Å². The predicted octanol–water partition coefficient (Wildman–Crippen LogP) is 2.66. The minimum atomic E-state index is -0.835. The lowest BCUT2D eigenvalue weighted by molar-refractivity contribution is -0.385. The van der Waals surface area contributed by atoms with Crippen LogP contribution in [0.4, 0.5) is 17.1 Å². The lowest BCUT2D eigenvalue weighted by Gasteiger charge is -2.09. The minimum Gasteiger partial charge on any atom is -0.452 e. The van der Waals surface area contributed by atoms with Crippen molar-refractivity contribution in [1.29, 1.82) is 0 Å². The first kappa shape index (κ1) is 19.6. The van der Waals surface area contributed by atoms with Crippen LogP contribution in [0.15, 0.2) is 42.5 Å². The number of hydrogen-bond donors (Lipinski definition) is 2. The molecule has 9 heteroatoms. The highest BCUT2D eigenvalue weighted by Crippen LogP contribution is 2.21. The summed E-state index contributed by atoms with van der Waals surface area (Å²) in [6.45, 7) is 2.23. The maximum absolute atomic E-state index is 12.1. The highest BCUT2D eigenvalue weighted by Gasteiger charge is 2.19. The van der Waals surface area contributed by atoms with Crippen LogP contribution in [0.1, 0.15) is 22.8 Å². The zero-order valence-corrected chi connectivity index (χ0v) is 14.6. The first-order chi connectivity index (χ1) is 12.8. The number of amides is 2. The van der Waals surface area contributed by atoms with E-state index in [9.17, 15) is 24.5 Å². The van der Waals surface area contributed by atoms with E-state index in [0.717, 1.165) is 0 Å². The zero-order chi connectivity index (χ0) is 20.0. The van der Waals surface area contributed by atoms with E-state index in [0.29, 0.717) is 11.4 Å². The first-order valence-corrected chi connectivity index (χ1v) is 7.86. The van der Waals surface area contributed by atoms with E-state index in [1.165, 1.54) is 32.0 Å². The number of carbonyl (C=O) groups excluding carboxylic acids is 3. The molecule has 0 unspecified atom stereocenters. The molecule has 0 aromatic heterocycles. The molecule has 0 aliphatic carbocycles. The Morgan fingerprint density at radius 1 is 1.07 bits per heavy atom. The number of carbonyl (C=O) groups is 3. The monoisotopic (exact) mass is 371 g/mol. The Morgan fingerprint density at radius 3 is 2.33 bits per heavy atom. The number of nitro groups is 1. The van der Waals surface area contributed by atoms with Gasteiger partial charge < -0.3 is 15.4 Å². The summed E-state index contributed by atoms with van der Waals surface area (Å²) in [6.07, 6.45) is 0. The third-order valence-electron chi connectivity index (χ3n) is 3.52. The van der Waals surface area contributed by atoms with Gasteiger partial charge in [-0.2, -0.15) is 0 Å². The number of anilines is 2. The van der Waals surface area contributed by atoms with Crippen LogP contribution in [-0.4, -0.2) is 29.3 Å². The maximum atomic E-state index is 12.1. The molecule has 0 spiro atoms. The van der Waals surface area contributed by atoms with Crippen molar-refractivity contribution in [3.63, 3.8) is 0 Å². The Balaban J connectivity index is 1.98. The topological polar surface area (TPSA) is 128 Å². The molecule has 2 aromatic rings. The van der Waals surface area contributed by atoms with Crippen molar-refractivity contribution in [2.24, 2.45) is 0 Å². The maximum Gasteiger partial charge on any atom is 0.339 e. The predicted molar refractivity (Wildman–Crippen MR) is 97.5 cm³/mol. The highest BCUT2D eigenvalue weighted by molar-refractivity contribution is 5.97. The lowest BCUT2D eigenvalue weighted by atomic mass is 10.1. The fourth-order valence-corrected chi connectivity index (χ4v) is 2.33. The quantitative estimate of drug-likeness (QED) is 0.456. The average Bonchev–Trinajstić information content (AvgIpc) is 2.59. The molecule has 0 fully saturated rings. The van der Waals surface area contributed by atoms with Crippen molar-refractivity contribution < 1.29 is 24.0 Å². The number of esters is 1. The van der Waals surface area contributed by atoms with Gasteiger partial charge in [-0.15, -0.1) is 0 Å². The van der Waals surface area contributed by atoms with Crippen LogP contribution in [-0.2, 0) is 14.3 Å². The van der Waals surface area contributed by atoms with Crippen LogP contribution in [0.2, 0.25) is 0 Å². The molecule has 2 rings (SSSR count). The number of ether oxygens (including phenoxy) is 1. The third-order valence-corrected chi connectivity index (χ3v) is 3.52. The average molecular weight is 371 g/mol. The van der Waals surface area contributed by atoms with Gasteiger partial charge in [-0.3, -0.25) is 19.7 Å². The molecular weight excluding hydrogens is 354 g/mol. The van der Waals surface area contributed by atoms with Gasteiger partial charge in [0.2, 0.25) is 5.91 Å². The van der Waals surface area contributed by atoms with Gasteiger partial charge in [-0.05, 0) is 31.2 Å². The lowest BCUT2D eigenvalue weighted by Crippen LogP contribution is -2.21. The number of hydrogen-bond acceptors (Lipinski definition) is 6. The molecule has 0 aliphatic rings. The van der Waals surface area contributed by atoms with Crippen LogP contribution in [0.25, 0.3) is 0 Å². The minimum absolute atomic E-state index is 0.0182. The molecule has 0 bridgehead atoms. The van der Waals surface area contributed by atoms with E-state index < -0.39 is 23.4 Å². The summed E-state index contributed by atoms with van der Waals surface area (Å²) >= 11 is 0. The number of nitro benzene ring substituents is 1. The summed E-state index contributed by atoms with van der Waals surface area (Å²) in [5, 5.41) is 16.0. The number of nitrogens with one attached hydrogen (secondary N) is 2. The van der Waals surface area contributed by atoms with E-state index >= 15 is 0 Å². The van der Waals surface area contributed by atoms with E-state index in [2.05, 4.69) is 10.6 Å². The van der Waals surface area contributed by atoms with E-state index in [-0.39, 0.29) is 22.7 Å². The summed E-state index contributed by atoms with van der Waals surface area (Å²) < 4.78 is 4.93. The zero-order valence-electron chi connectivity index (χ0n) is 14.6. The van der Waals surface area contributed by atoms with E-state index in [4.69, 9.17) is 4.74 Å². The molecule has 2 N–H and O–H groups in total. The third kappa shape index (κ3) is 5.36. The molecule has 0 aliphatic heterocycles. The molecule has 9 nitrogen and oxygen atoms in total. The van der Waals surface area contributed by atoms with E-state index in [1.807, 2.05) is 0 Å². The SMILES string of the molecule is CC(=O)Nc1cccc(NC(=O)COC(=O)c2cccc([N+](=O)[O-])c2C)c1. The second-order valence-corrected chi connectivity index (χ2v) is 5.59. The molecule has 140 valence electrons. The summed E-state index contributed by atoms with van der Waals surface area (Å²) in [5.74, 6) is -1.68. The summed E-state index contributed by atoms with van der Waals surface area (Å²) in [4.78, 5) is 45.4. The van der Waals surface area contributed by atoms with Gasteiger partial charge in [0.1, 0.15) is 0 Å². The molecule has 27 heavy (non-hydrogen) atoms. The number of benzene rings is 2. The molecule has 0 atom stereocenters. The molecule has 0 heterocycles. The molecule has 2 aromatic carbocycles. The number of nitrogens with zero attached hydrogens (tertiary/aromatic N) is 1. The Kier molecular flexibility index (Phi) is 6.21. The Bertz CT molecular complexity index is 910. The van der Waals surface area contributed by atoms with Crippen molar-refractivity contribution in [2.45, 2.75) is 13.8 Å². The Morgan fingerprint density at radius 2 is 1.70 bits per heavy atom. The Labute approximate surface area is 154 Å². The van der Waals surface area contributed by atoms with Gasteiger partial charge in [0.25, 0.3) is 11.6 Å². The van der Waals surface area contributed by atoms with Crippen LogP contribution >= 0.6 is 0 Å². The normalized spacial score (nSPS) is 10.0. The number of rotatable bonds is 6. The van der Waals surface area contributed by atoms with Crippen molar-refractivity contribution in [1.82, 2.24) is 0 Å². The summed E-state index contributed by atoms with van der Waals surface area (Å²) in [5.41, 5.74) is 0.891. The van der Waals surface area contributed by atoms with Crippen LogP contribution in [0.3, 0.4) is 0 Å². The van der Waals surface area contributed by atoms with Gasteiger partial charge in [0, 0.05) is 29.9 Å².